The van der Waals surface area contributed by atoms with Gasteiger partial charge < -0.3 is 9.25 Å². The van der Waals surface area contributed by atoms with Crippen molar-refractivity contribution in [1.29, 1.82) is 0 Å². The van der Waals surface area contributed by atoms with Gasteiger partial charge in [0.1, 0.15) is 0 Å². The minimum absolute atomic E-state index is 0.0591. The molecule has 0 saturated carbocycles. The van der Waals surface area contributed by atoms with E-state index in [0.717, 1.165) is 6.42 Å². The van der Waals surface area contributed by atoms with Gasteiger partial charge in [-0.1, -0.05) is 6.92 Å². The highest BCUT2D eigenvalue weighted by Gasteiger charge is 2.33. The van der Waals surface area contributed by atoms with Gasteiger partial charge in [0.05, 0.1) is 6.20 Å². The molecule has 0 N–H and O–H groups in total. The predicted molar refractivity (Wildman–Crippen MR) is 57.0 cm³/mol. The molecule has 1 aliphatic rings. The molecule has 0 radical (unpaired) electrons. The Bertz CT molecular complexity index is 477. The summed E-state index contributed by atoms with van der Waals surface area (Å²) in [5.41, 5.74) is 0. The monoisotopic (exact) mass is 252 g/mol. The fourth-order valence-electron chi connectivity index (χ4n) is 1.52. The highest BCUT2D eigenvalue weighted by Crippen LogP contribution is 2.15. The molecule has 7 heteroatoms. The molecular formula is C11H12N2O5. The van der Waals surface area contributed by atoms with Gasteiger partial charge in [-0.3, -0.25) is 9.59 Å². The number of aromatic nitrogens is 1. The van der Waals surface area contributed by atoms with E-state index >= 15 is 0 Å². The number of amides is 2. The van der Waals surface area contributed by atoms with Crippen molar-refractivity contribution in [2.45, 2.75) is 32.6 Å². The van der Waals surface area contributed by atoms with E-state index in [0.29, 0.717) is 17.4 Å². The van der Waals surface area contributed by atoms with E-state index in [1.54, 1.807) is 0 Å². The lowest BCUT2D eigenvalue weighted by atomic mass is 10.3. The molecule has 2 amide bonds. The van der Waals surface area contributed by atoms with Gasteiger partial charge in [-0.25, -0.2) is 9.78 Å². The topological polar surface area (TPSA) is 89.7 Å². The lowest BCUT2D eigenvalue weighted by molar-refractivity contribution is -0.173. The molecule has 1 aliphatic heterocycles. The second-order valence-electron chi connectivity index (χ2n) is 3.83. The van der Waals surface area contributed by atoms with Gasteiger partial charge in [-0.2, -0.15) is 0 Å². The average molecular weight is 252 g/mol. The Morgan fingerprint density at radius 2 is 2.11 bits per heavy atom. The second kappa shape index (κ2) is 4.99. The van der Waals surface area contributed by atoms with E-state index in [-0.39, 0.29) is 18.6 Å². The number of hydrogen-bond acceptors (Lipinski definition) is 6. The lowest BCUT2D eigenvalue weighted by Crippen LogP contribution is -2.31. The maximum absolute atomic E-state index is 11.6. The minimum atomic E-state index is -0.895. The van der Waals surface area contributed by atoms with Crippen molar-refractivity contribution in [1.82, 2.24) is 10.0 Å². The lowest BCUT2D eigenvalue weighted by Gasteiger charge is -2.10. The first-order valence-corrected chi connectivity index (χ1v) is 5.64. The molecule has 18 heavy (non-hydrogen) atoms. The molecule has 1 saturated heterocycles. The zero-order chi connectivity index (χ0) is 13.1. The minimum Gasteiger partial charge on any atom is -0.434 e. The SMILES string of the molecule is CCCc1ncc(C(=O)ON2C(=O)CCC2=O)o1. The van der Waals surface area contributed by atoms with E-state index in [4.69, 9.17) is 4.42 Å². The summed E-state index contributed by atoms with van der Waals surface area (Å²) in [6, 6.07) is 0. The molecular weight excluding hydrogens is 240 g/mol. The molecule has 7 nitrogen and oxygen atoms in total. The zero-order valence-corrected chi connectivity index (χ0v) is 9.84. The first-order valence-electron chi connectivity index (χ1n) is 5.64. The number of imide groups is 1. The summed E-state index contributed by atoms with van der Waals surface area (Å²) in [6.07, 6.45) is 2.78. The van der Waals surface area contributed by atoms with Crippen molar-refractivity contribution in [2.75, 3.05) is 0 Å². The van der Waals surface area contributed by atoms with Crippen LogP contribution in [0.1, 0.15) is 42.6 Å². The third kappa shape index (κ3) is 2.39. The van der Waals surface area contributed by atoms with Crippen LogP contribution in [0, 0.1) is 0 Å². The van der Waals surface area contributed by atoms with Crippen LogP contribution in [0.5, 0.6) is 0 Å². The molecule has 0 aromatic carbocycles. The fourth-order valence-corrected chi connectivity index (χ4v) is 1.52. The molecule has 1 aromatic rings. The number of carbonyl (C=O) groups is 3. The Kier molecular flexibility index (Phi) is 3.40. The van der Waals surface area contributed by atoms with E-state index < -0.39 is 17.8 Å². The molecule has 2 rings (SSSR count). The van der Waals surface area contributed by atoms with Crippen LogP contribution in [0.4, 0.5) is 0 Å². The Balaban J connectivity index is 2.02. The van der Waals surface area contributed by atoms with E-state index in [9.17, 15) is 14.4 Å². The molecule has 2 heterocycles. The third-order valence-electron chi connectivity index (χ3n) is 2.40. The van der Waals surface area contributed by atoms with Crippen LogP contribution in [0.25, 0.3) is 0 Å². The maximum atomic E-state index is 11.6. The number of aryl methyl sites for hydroxylation is 1. The number of hydroxylamine groups is 2. The molecule has 0 aliphatic carbocycles. The first kappa shape index (κ1) is 12.3. The molecule has 1 aromatic heterocycles. The van der Waals surface area contributed by atoms with Crippen LogP contribution in [0.3, 0.4) is 0 Å². The van der Waals surface area contributed by atoms with Crippen LogP contribution >= 0.6 is 0 Å². The molecule has 1 fully saturated rings. The quantitative estimate of drug-likeness (QED) is 0.738. The Labute approximate surface area is 103 Å². The molecule has 0 bridgehead atoms. The van der Waals surface area contributed by atoms with Crippen molar-refractivity contribution >= 4 is 17.8 Å². The largest absolute Gasteiger partial charge is 0.434 e. The summed E-state index contributed by atoms with van der Waals surface area (Å²) < 4.78 is 5.13. The van der Waals surface area contributed by atoms with Crippen molar-refractivity contribution < 1.29 is 23.6 Å². The van der Waals surface area contributed by atoms with E-state index in [1.165, 1.54) is 6.20 Å². The Hall–Kier alpha value is -2.18. The molecule has 0 spiro atoms. The highest BCUT2D eigenvalue weighted by molar-refractivity contribution is 6.02. The normalized spacial score (nSPS) is 15.3. The average Bonchev–Trinajstić information content (AvgIpc) is 2.91. The molecule has 0 atom stereocenters. The summed E-state index contributed by atoms with van der Waals surface area (Å²) in [5, 5.41) is 0.477. The summed E-state index contributed by atoms with van der Waals surface area (Å²) in [5.74, 6) is -1.65. The summed E-state index contributed by atoms with van der Waals surface area (Å²) >= 11 is 0. The smallest absolute Gasteiger partial charge is 0.400 e. The van der Waals surface area contributed by atoms with E-state index in [1.807, 2.05) is 6.92 Å². The summed E-state index contributed by atoms with van der Waals surface area (Å²) in [7, 11) is 0. The predicted octanol–water partition coefficient (Wildman–Crippen LogP) is 0.848. The van der Waals surface area contributed by atoms with Gasteiger partial charge in [0.2, 0.25) is 5.76 Å². The van der Waals surface area contributed by atoms with Crippen molar-refractivity contribution in [2.24, 2.45) is 0 Å². The Morgan fingerprint density at radius 1 is 1.44 bits per heavy atom. The van der Waals surface area contributed by atoms with Crippen LogP contribution in [-0.4, -0.2) is 27.8 Å². The van der Waals surface area contributed by atoms with Crippen LogP contribution in [0.15, 0.2) is 10.6 Å². The Morgan fingerprint density at radius 3 is 2.72 bits per heavy atom. The van der Waals surface area contributed by atoms with Gasteiger partial charge in [-0.15, -0.1) is 5.06 Å². The van der Waals surface area contributed by atoms with Crippen LogP contribution in [-0.2, 0) is 20.8 Å². The maximum Gasteiger partial charge on any atom is 0.400 e. The molecule has 0 unspecified atom stereocenters. The number of hydrogen-bond donors (Lipinski definition) is 0. The summed E-state index contributed by atoms with van der Waals surface area (Å²) in [6.45, 7) is 1.95. The van der Waals surface area contributed by atoms with Gasteiger partial charge in [0.25, 0.3) is 11.8 Å². The number of carbonyl (C=O) groups excluding carboxylic acids is 3. The summed E-state index contributed by atoms with van der Waals surface area (Å²) in [4.78, 5) is 42.6. The van der Waals surface area contributed by atoms with Gasteiger partial charge >= 0.3 is 5.97 Å². The third-order valence-corrected chi connectivity index (χ3v) is 2.40. The standard InChI is InChI=1S/C11H12N2O5/c1-2-3-8-12-6-7(17-8)11(16)18-13-9(14)4-5-10(13)15/h6H,2-5H2,1H3. The van der Waals surface area contributed by atoms with Gasteiger partial charge in [-0.05, 0) is 6.42 Å². The number of oxazole rings is 1. The highest BCUT2D eigenvalue weighted by atomic mass is 16.7. The number of nitrogens with zero attached hydrogens (tertiary/aromatic N) is 2. The van der Waals surface area contributed by atoms with Gasteiger partial charge in [0.15, 0.2) is 5.89 Å². The second-order valence-corrected chi connectivity index (χ2v) is 3.83. The van der Waals surface area contributed by atoms with Crippen molar-refractivity contribution in [3.63, 3.8) is 0 Å². The first-order chi connectivity index (χ1) is 8.61. The van der Waals surface area contributed by atoms with Crippen LogP contribution in [0.2, 0.25) is 0 Å². The van der Waals surface area contributed by atoms with Gasteiger partial charge in [0, 0.05) is 19.3 Å². The van der Waals surface area contributed by atoms with Crippen molar-refractivity contribution in [3.05, 3.63) is 17.8 Å². The number of rotatable bonds is 4. The van der Waals surface area contributed by atoms with E-state index in [2.05, 4.69) is 9.82 Å². The fraction of sp³-hybridized carbons (Fsp3) is 0.455. The zero-order valence-electron chi connectivity index (χ0n) is 9.84. The van der Waals surface area contributed by atoms with Crippen molar-refractivity contribution in [3.8, 4) is 0 Å². The van der Waals surface area contributed by atoms with Crippen LogP contribution < -0.4 is 0 Å². The molecule has 96 valence electrons.